The molecule has 0 fully saturated rings. The number of carbonyl (C=O) groups excluding carboxylic acids is 1. The van der Waals surface area contributed by atoms with Crippen LogP contribution in [0.5, 0.6) is 0 Å². The molecule has 6 heteroatoms. The summed E-state index contributed by atoms with van der Waals surface area (Å²) in [7, 11) is 0. The Bertz CT molecular complexity index is 184. The third kappa shape index (κ3) is 8.79. The van der Waals surface area contributed by atoms with Gasteiger partial charge in [-0.1, -0.05) is 0 Å². The van der Waals surface area contributed by atoms with Crippen molar-refractivity contribution in [3.05, 3.63) is 0 Å². The number of alkyl carbamates (subject to hydrolysis) is 1. The molecule has 0 radical (unpaired) electrons. The van der Waals surface area contributed by atoms with E-state index in [1.165, 1.54) is 0 Å². The zero-order chi connectivity index (χ0) is 10.8. The van der Waals surface area contributed by atoms with E-state index in [1.54, 1.807) is 0 Å². The van der Waals surface area contributed by atoms with Crippen LogP contribution in [0.4, 0.5) is 4.79 Å². The first kappa shape index (κ1) is 12.7. The molecule has 0 bridgehead atoms. The number of hydrogen-bond donors (Lipinski definition) is 3. The van der Waals surface area contributed by atoms with Crippen LogP contribution in [-0.2, 0) is 9.53 Å². The fraction of sp³-hybridized carbons (Fsp3) is 0.750. The van der Waals surface area contributed by atoms with E-state index in [0.29, 0.717) is 25.9 Å². The summed E-state index contributed by atoms with van der Waals surface area (Å²) in [5.41, 5.74) is 5.12. The van der Waals surface area contributed by atoms with Gasteiger partial charge >= 0.3 is 12.1 Å². The molecule has 0 heterocycles. The molecule has 1 amide bonds. The van der Waals surface area contributed by atoms with Crippen molar-refractivity contribution >= 4 is 12.1 Å². The molecule has 0 aliphatic rings. The molecule has 0 aliphatic carbocycles. The summed E-state index contributed by atoms with van der Waals surface area (Å²) in [6, 6.07) is 0. The minimum absolute atomic E-state index is 0.125. The molecule has 0 unspecified atom stereocenters. The average molecular weight is 204 g/mol. The molecule has 6 nitrogen and oxygen atoms in total. The Morgan fingerprint density at radius 3 is 2.64 bits per heavy atom. The second-order valence-electron chi connectivity index (χ2n) is 2.70. The molecule has 14 heavy (non-hydrogen) atoms. The van der Waals surface area contributed by atoms with E-state index >= 15 is 0 Å². The quantitative estimate of drug-likeness (QED) is 0.504. The van der Waals surface area contributed by atoms with Crippen molar-refractivity contribution in [3.8, 4) is 0 Å². The molecule has 0 aromatic rings. The van der Waals surface area contributed by atoms with E-state index in [4.69, 9.17) is 10.8 Å². The number of ether oxygens (including phenoxy) is 1. The number of aliphatic carboxylic acids is 1. The third-order valence-corrected chi connectivity index (χ3v) is 1.44. The number of amides is 1. The fourth-order valence-electron chi connectivity index (χ4n) is 0.794. The molecule has 0 atom stereocenters. The Morgan fingerprint density at radius 2 is 2.07 bits per heavy atom. The first-order chi connectivity index (χ1) is 6.66. The van der Waals surface area contributed by atoms with E-state index < -0.39 is 12.1 Å². The molecule has 0 aromatic heterocycles. The maximum absolute atomic E-state index is 10.8. The van der Waals surface area contributed by atoms with Crippen LogP contribution >= 0.6 is 0 Å². The topological polar surface area (TPSA) is 102 Å². The Kier molecular flexibility index (Phi) is 7.53. The molecular formula is C8H16N2O4. The van der Waals surface area contributed by atoms with Crippen molar-refractivity contribution in [1.29, 1.82) is 0 Å². The van der Waals surface area contributed by atoms with Gasteiger partial charge in [-0.3, -0.25) is 4.79 Å². The fourth-order valence-corrected chi connectivity index (χ4v) is 0.794. The number of nitrogens with one attached hydrogen (secondary N) is 1. The normalized spacial score (nSPS) is 9.50. The van der Waals surface area contributed by atoms with Gasteiger partial charge in [0.1, 0.15) is 6.61 Å². The Morgan fingerprint density at radius 1 is 1.36 bits per heavy atom. The molecule has 4 N–H and O–H groups in total. The van der Waals surface area contributed by atoms with E-state index in [0.717, 1.165) is 0 Å². The average Bonchev–Trinajstić information content (AvgIpc) is 2.13. The first-order valence-corrected chi connectivity index (χ1v) is 4.49. The highest BCUT2D eigenvalue weighted by atomic mass is 16.5. The minimum atomic E-state index is -0.823. The lowest BCUT2D eigenvalue weighted by molar-refractivity contribution is -0.137. The second kappa shape index (κ2) is 8.31. The van der Waals surface area contributed by atoms with E-state index in [-0.39, 0.29) is 13.0 Å². The number of carboxylic acid groups (broad SMARTS) is 1. The molecule has 0 saturated heterocycles. The molecule has 0 spiro atoms. The maximum Gasteiger partial charge on any atom is 0.407 e. The lowest BCUT2D eigenvalue weighted by Crippen LogP contribution is -2.27. The monoisotopic (exact) mass is 204 g/mol. The molecule has 0 aliphatic heterocycles. The van der Waals surface area contributed by atoms with Crippen molar-refractivity contribution in [2.24, 2.45) is 5.73 Å². The number of carboxylic acids is 1. The predicted molar refractivity (Wildman–Crippen MR) is 49.9 cm³/mol. The number of unbranched alkanes of at least 4 members (excludes halogenated alkanes) is 1. The Balaban J connectivity index is 3.19. The van der Waals surface area contributed by atoms with Gasteiger partial charge in [0.25, 0.3) is 0 Å². The highest BCUT2D eigenvalue weighted by Crippen LogP contribution is 1.93. The van der Waals surface area contributed by atoms with Crippen LogP contribution in [-0.4, -0.2) is 36.9 Å². The largest absolute Gasteiger partial charge is 0.481 e. The van der Waals surface area contributed by atoms with Crippen LogP contribution in [0.2, 0.25) is 0 Å². The standard InChI is InChI=1S/C8H16N2O4/c9-4-6-14-8(13)10-5-2-1-3-7(11)12/h1-6,9H2,(H,10,13)(H,11,12). The van der Waals surface area contributed by atoms with Crippen molar-refractivity contribution in [3.63, 3.8) is 0 Å². The summed E-state index contributed by atoms with van der Waals surface area (Å²) in [5, 5.41) is 10.8. The lowest BCUT2D eigenvalue weighted by atomic mass is 10.2. The summed E-state index contributed by atoms with van der Waals surface area (Å²) >= 11 is 0. The van der Waals surface area contributed by atoms with Gasteiger partial charge in [-0.2, -0.15) is 0 Å². The van der Waals surface area contributed by atoms with Gasteiger partial charge in [0, 0.05) is 19.5 Å². The Labute approximate surface area is 82.4 Å². The number of rotatable bonds is 7. The summed E-state index contributed by atoms with van der Waals surface area (Å²) < 4.78 is 4.63. The minimum Gasteiger partial charge on any atom is -0.481 e. The van der Waals surface area contributed by atoms with Crippen LogP contribution in [0, 0.1) is 0 Å². The highest BCUT2D eigenvalue weighted by molar-refractivity contribution is 5.67. The summed E-state index contributed by atoms with van der Waals surface area (Å²) in [6.45, 7) is 0.921. The third-order valence-electron chi connectivity index (χ3n) is 1.44. The summed E-state index contributed by atoms with van der Waals surface area (Å²) in [5.74, 6) is -0.823. The number of hydrogen-bond acceptors (Lipinski definition) is 4. The van der Waals surface area contributed by atoms with E-state index in [2.05, 4.69) is 10.1 Å². The van der Waals surface area contributed by atoms with Crippen LogP contribution in [0.25, 0.3) is 0 Å². The van der Waals surface area contributed by atoms with Crippen molar-refractivity contribution < 1.29 is 19.4 Å². The van der Waals surface area contributed by atoms with Crippen molar-refractivity contribution in [2.45, 2.75) is 19.3 Å². The zero-order valence-electron chi connectivity index (χ0n) is 7.99. The van der Waals surface area contributed by atoms with Gasteiger partial charge in [0.15, 0.2) is 0 Å². The molecule has 0 rings (SSSR count). The van der Waals surface area contributed by atoms with Gasteiger partial charge in [0.2, 0.25) is 0 Å². The maximum atomic E-state index is 10.8. The van der Waals surface area contributed by atoms with Gasteiger partial charge in [-0.05, 0) is 12.8 Å². The second-order valence-corrected chi connectivity index (χ2v) is 2.70. The number of carbonyl (C=O) groups is 2. The summed E-state index contributed by atoms with van der Waals surface area (Å²) in [6.07, 6.45) is 0.793. The van der Waals surface area contributed by atoms with Crippen molar-refractivity contribution in [1.82, 2.24) is 5.32 Å². The Hall–Kier alpha value is -1.30. The molecule has 0 saturated carbocycles. The molecule has 0 aromatic carbocycles. The van der Waals surface area contributed by atoms with Gasteiger partial charge < -0.3 is 20.9 Å². The lowest BCUT2D eigenvalue weighted by Gasteiger charge is -2.04. The van der Waals surface area contributed by atoms with Crippen LogP contribution in [0.1, 0.15) is 19.3 Å². The van der Waals surface area contributed by atoms with Gasteiger partial charge in [-0.25, -0.2) is 4.79 Å². The molecular weight excluding hydrogens is 188 g/mol. The van der Waals surface area contributed by atoms with Crippen LogP contribution < -0.4 is 11.1 Å². The first-order valence-electron chi connectivity index (χ1n) is 4.49. The molecule has 82 valence electrons. The SMILES string of the molecule is NCCOC(=O)NCCCCC(=O)O. The van der Waals surface area contributed by atoms with E-state index in [1.807, 2.05) is 0 Å². The smallest absolute Gasteiger partial charge is 0.407 e. The summed E-state index contributed by atoms with van der Waals surface area (Å²) in [4.78, 5) is 20.9. The highest BCUT2D eigenvalue weighted by Gasteiger charge is 2.00. The van der Waals surface area contributed by atoms with E-state index in [9.17, 15) is 9.59 Å². The number of nitrogens with two attached hydrogens (primary N) is 1. The van der Waals surface area contributed by atoms with Crippen molar-refractivity contribution in [2.75, 3.05) is 19.7 Å². The van der Waals surface area contributed by atoms with Gasteiger partial charge in [0.05, 0.1) is 0 Å². The predicted octanol–water partition coefficient (Wildman–Crippen LogP) is -0.0738. The van der Waals surface area contributed by atoms with Crippen LogP contribution in [0.15, 0.2) is 0 Å². The van der Waals surface area contributed by atoms with Gasteiger partial charge in [-0.15, -0.1) is 0 Å². The van der Waals surface area contributed by atoms with Crippen LogP contribution in [0.3, 0.4) is 0 Å². The zero-order valence-corrected chi connectivity index (χ0v) is 7.99.